The molecule has 0 saturated carbocycles. The van der Waals surface area contributed by atoms with Crippen LogP contribution in [-0.4, -0.2) is 48.2 Å². The third kappa shape index (κ3) is 5.39. The fraction of sp³-hybridized carbons (Fsp3) is 0.750. The highest BCUT2D eigenvalue weighted by Gasteiger charge is 2.34. The molecule has 1 aliphatic rings. The maximum Gasteiger partial charge on any atom is 0.251 e. The van der Waals surface area contributed by atoms with Crippen LogP contribution >= 0.6 is 0 Å². The highest BCUT2D eigenvalue weighted by atomic mass is 32.2. The second kappa shape index (κ2) is 8.22. The van der Waals surface area contributed by atoms with Gasteiger partial charge in [-0.25, -0.2) is 18.1 Å². The first-order chi connectivity index (χ1) is 11.3. The monoisotopic (exact) mass is 356 g/mol. The van der Waals surface area contributed by atoms with Gasteiger partial charge in [-0.05, 0) is 25.7 Å². The van der Waals surface area contributed by atoms with Crippen molar-refractivity contribution in [3.8, 4) is 0 Å². The Kier molecular flexibility index (Phi) is 6.54. The van der Waals surface area contributed by atoms with E-state index in [0.29, 0.717) is 31.3 Å². The van der Waals surface area contributed by atoms with Crippen molar-refractivity contribution in [3.63, 3.8) is 0 Å². The quantitative estimate of drug-likeness (QED) is 0.725. The minimum absolute atomic E-state index is 0.0652. The number of aromatic amines is 1. The lowest BCUT2D eigenvalue weighted by molar-refractivity contribution is 0.308. The van der Waals surface area contributed by atoms with Crippen molar-refractivity contribution in [3.05, 3.63) is 27.9 Å². The van der Waals surface area contributed by atoms with Crippen LogP contribution in [0.1, 0.15) is 44.6 Å². The fourth-order valence-corrected chi connectivity index (χ4v) is 4.78. The van der Waals surface area contributed by atoms with E-state index in [0.717, 1.165) is 25.1 Å². The fourth-order valence-electron chi connectivity index (χ4n) is 3.40. The molecule has 0 aromatic carbocycles. The zero-order valence-electron chi connectivity index (χ0n) is 14.7. The minimum Gasteiger partial charge on any atom is -0.311 e. The second-order valence-electron chi connectivity index (χ2n) is 6.61. The average Bonchev–Trinajstić information content (AvgIpc) is 2.78. The Morgan fingerprint density at radius 2 is 2.08 bits per heavy atom. The van der Waals surface area contributed by atoms with Gasteiger partial charge in [-0.1, -0.05) is 20.3 Å². The van der Waals surface area contributed by atoms with Crippen molar-refractivity contribution in [2.24, 2.45) is 5.92 Å². The number of hydrogen-bond acceptors (Lipinski definition) is 5. The number of rotatable bonds is 8. The van der Waals surface area contributed by atoms with Crippen LogP contribution in [0, 0.1) is 12.8 Å². The largest absolute Gasteiger partial charge is 0.311 e. The van der Waals surface area contributed by atoms with E-state index >= 15 is 0 Å². The van der Waals surface area contributed by atoms with Crippen LogP contribution in [0.5, 0.6) is 0 Å². The Labute approximate surface area is 143 Å². The molecule has 2 heterocycles. The summed E-state index contributed by atoms with van der Waals surface area (Å²) in [7, 11) is -3.22. The first kappa shape index (κ1) is 19.1. The van der Waals surface area contributed by atoms with Gasteiger partial charge in [0, 0.05) is 31.7 Å². The van der Waals surface area contributed by atoms with Crippen LogP contribution in [0.15, 0.2) is 10.9 Å². The lowest BCUT2D eigenvalue weighted by Gasteiger charge is -2.19. The van der Waals surface area contributed by atoms with E-state index < -0.39 is 10.0 Å². The van der Waals surface area contributed by atoms with Crippen molar-refractivity contribution >= 4 is 10.0 Å². The molecule has 1 saturated heterocycles. The van der Waals surface area contributed by atoms with Gasteiger partial charge in [0.05, 0.1) is 11.4 Å². The van der Waals surface area contributed by atoms with Gasteiger partial charge in [0.1, 0.15) is 5.82 Å². The molecule has 1 fully saturated rings. The van der Waals surface area contributed by atoms with Crippen molar-refractivity contribution in [2.45, 2.75) is 52.6 Å². The zero-order chi connectivity index (χ0) is 17.7. The third-order valence-corrected chi connectivity index (χ3v) is 5.89. The van der Waals surface area contributed by atoms with Gasteiger partial charge in [0.25, 0.3) is 5.56 Å². The van der Waals surface area contributed by atoms with Crippen LogP contribution < -0.4 is 10.3 Å². The molecule has 1 aliphatic heterocycles. The number of aryl methyl sites for hydroxylation is 1. The molecule has 8 heteroatoms. The summed E-state index contributed by atoms with van der Waals surface area (Å²) in [6.07, 6.45) is 2.62. The van der Waals surface area contributed by atoms with Crippen LogP contribution in [0.4, 0.5) is 0 Å². The molecule has 0 radical (unpaired) electrons. The molecule has 1 aromatic heterocycles. The molecular formula is C16H28N4O3S. The maximum atomic E-state index is 12.1. The highest BCUT2D eigenvalue weighted by Crippen LogP contribution is 2.23. The van der Waals surface area contributed by atoms with E-state index in [2.05, 4.69) is 26.5 Å². The number of nitrogens with zero attached hydrogens (tertiary/aromatic N) is 2. The predicted molar refractivity (Wildman–Crippen MR) is 94.3 cm³/mol. The molecule has 0 unspecified atom stereocenters. The molecule has 24 heavy (non-hydrogen) atoms. The summed E-state index contributed by atoms with van der Waals surface area (Å²) in [6, 6.07) is 1.45. The summed E-state index contributed by atoms with van der Waals surface area (Å²) in [5.41, 5.74) is 0.575. The van der Waals surface area contributed by atoms with Crippen LogP contribution in [0.25, 0.3) is 0 Å². The van der Waals surface area contributed by atoms with Gasteiger partial charge in [0.2, 0.25) is 10.0 Å². The minimum atomic E-state index is -3.22. The van der Waals surface area contributed by atoms with Crippen molar-refractivity contribution < 1.29 is 8.42 Å². The number of H-pyrrole nitrogens is 1. The van der Waals surface area contributed by atoms with Gasteiger partial charge >= 0.3 is 0 Å². The van der Waals surface area contributed by atoms with Crippen LogP contribution in [0.3, 0.4) is 0 Å². The van der Waals surface area contributed by atoms with E-state index in [1.807, 2.05) is 6.92 Å². The Balaban J connectivity index is 2.07. The smallest absolute Gasteiger partial charge is 0.251 e. The summed E-state index contributed by atoms with van der Waals surface area (Å²) in [6.45, 7) is 7.78. The lowest BCUT2D eigenvalue weighted by Crippen LogP contribution is -2.41. The summed E-state index contributed by atoms with van der Waals surface area (Å²) < 4.78 is 27.1. The standard InChI is InChI=1S/C16H28N4O3S/c1-4-6-13-9-20(10-14-8-16(21)18-12(3)17-14)11-15(13)19-24(22,23)7-5-2/h8,13,15,19H,4-7,9-11H2,1-3H3,(H,17,18,21)/t13-,15-/m1/s1. The van der Waals surface area contributed by atoms with E-state index in [-0.39, 0.29) is 17.4 Å². The Bertz CT molecular complexity index is 702. The normalized spacial score (nSPS) is 22.1. The van der Waals surface area contributed by atoms with Crippen molar-refractivity contribution in [1.29, 1.82) is 0 Å². The number of hydrogen-bond donors (Lipinski definition) is 2. The second-order valence-corrected chi connectivity index (χ2v) is 8.48. The average molecular weight is 356 g/mol. The van der Waals surface area contributed by atoms with E-state index in [4.69, 9.17) is 0 Å². The molecule has 0 amide bonds. The highest BCUT2D eigenvalue weighted by molar-refractivity contribution is 7.89. The Hall–Kier alpha value is -1.25. The first-order valence-electron chi connectivity index (χ1n) is 8.62. The summed E-state index contributed by atoms with van der Waals surface area (Å²) >= 11 is 0. The number of aromatic nitrogens is 2. The zero-order valence-corrected chi connectivity index (χ0v) is 15.5. The lowest BCUT2D eigenvalue weighted by atomic mass is 9.99. The summed E-state index contributed by atoms with van der Waals surface area (Å²) in [4.78, 5) is 20.8. The molecule has 1 aromatic rings. The van der Waals surface area contributed by atoms with Crippen molar-refractivity contribution in [2.75, 3.05) is 18.8 Å². The first-order valence-corrected chi connectivity index (χ1v) is 10.3. The van der Waals surface area contributed by atoms with Crippen LogP contribution in [0.2, 0.25) is 0 Å². The molecular weight excluding hydrogens is 328 g/mol. The molecule has 2 rings (SSSR count). The van der Waals surface area contributed by atoms with E-state index in [1.54, 1.807) is 6.92 Å². The Morgan fingerprint density at radius 1 is 1.33 bits per heavy atom. The SMILES string of the molecule is CCC[C@@H]1CN(Cc2cc(=O)[nH]c(C)n2)C[C@H]1NS(=O)(=O)CCC. The predicted octanol–water partition coefficient (Wildman–Crippen LogP) is 1.01. The Morgan fingerprint density at radius 3 is 2.71 bits per heavy atom. The molecule has 0 aliphatic carbocycles. The van der Waals surface area contributed by atoms with E-state index in [9.17, 15) is 13.2 Å². The number of likely N-dealkylation sites (tertiary alicyclic amines) is 1. The van der Waals surface area contributed by atoms with Gasteiger partial charge < -0.3 is 4.98 Å². The molecule has 2 atom stereocenters. The van der Waals surface area contributed by atoms with Gasteiger partial charge in [-0.15, -0.1) is 0 Å². The summed E-state index contributed by atoms with van der Waals surface area (Å²) in [5, 5.41) is 0. The molecule has 2 N–H and O–H groups in total. The summed E-state index contributed by atoms with van der Waals surface area (Å²) in [5.74, 6) is 1.06. The molecule has 0 bridgehead atoms. The molecule has 0 spiro atoms. The van der Waals surface area contributed by atoms with E-state index in [1.165, 1.54) is 6.07 Å². The van der Waals surface area contributed by atoms with Gasteiger partial charge in [0.15, 0.2) is 0 Å². The number of sulfonamides is 1. The topological polar surface area (TPSA) is 95.2 Å². The number of nitrogens with one attached hydrogen (secondary N) is 2. The van der Waals surface area contributed by atoms with Crippen LogP contribution in [-0.2, 0) is 16.6 Å². The van der Waals surface area contributed by atoms with Gasteiger partial charge in [-0.2, -0.15) is 0 Å². The van der Waals surface area contributed by atoms with Crippen molar-refractivity contribution in [1.82, 2.24) is 19.6 Å². The maximum absolute atomic E-state index is 12.1. The molecule has 136 valence electrons. The molecule has 7 nitrogen and oxygen atoms in total. The van der Waals surface area contributed by atoms with Gasteiger partial charge in [-0.3, -0.25) is 9.69 Å². The third-order valence-electron chi connectivity index (χ3n) is 4.28.